The molecule has 3 rings (SSSR count). The van der Waals surface area contributed by atoms with Crippen molar-refractivity contribution in [1.82, 2.24) is 5.32 Å². The van der Waals surface area contributed by atoms with Crippen LogP contribution in [-0.4, -0.2) is 12.6 Å². The van der Waals surface area contributed by atoms with E-state index in [0.29, 0.717) is 0 Å². The Morgan fingerprint density at radius 2 is 1.88 bits per heavy atom. The lowest BCUT2D eigenvalue weighted by molar-refractivity contribution is 0.551. The van der Waals surface area contributed by atoms with Gasteiger partial charge >= 0.3 is 0 Å². The molecule has 0 aromatic heterocycles. The van der Waals surface area contributed by atoms with Gasteiger partial charge in [-0.15, -0.1) is 0 Å². The second-order valence-electron chi connectivity index (χ2n) is 4.87. The molecule has 1 aromatic rings. The van der Waals surface area contributed by atoms with Crippen LogP contribution in [0.1, 0.15) is 18.1 Å². The molecule has 1 aromatic carbocycles. The average molecular weight is 223 g/mol. The maximum Gasteiger partial charge on any atom is 0.0631 e. The number of hydrogen-bond acceptors (Lipinski definition) is 1. The highest BCUT2D eigenvalue weighted by Crippen LogP contribution is 2.42. The Bertz CT molecular complexity index is 548. The molecule has 17 heavy (non-hydrogen) atoms. The Morgan fingerprint density at radius 1 is 1.12 bits per heavy atom. The maximum absolute atomic E-state index is 3.49. The number of rotatable bonds is 1. The predicted octanol–water partition coefficient (Wildman–Crippen LogP) is 3.10. The first-order valence-corrected chi connectivity index (χ1v) is 6.11. The van der Waals surface area contributed by atoms with Crippen molar-refractivity contribution in [3.63, 3.8) is 0 Å². The van der Waals surface area contributed by atoms with Crippen LogP contribution in [0.4, 0.5) is 0 Å². The van der Waals surface area contributed by atoms with Gasteiger partial charge in [0.1, 0.15) is 0 Å². The van der Waals surface area contributed by atoms with Crippen molar-refractivity contribution in [3.8, 4) is 0 Å². The van der Waals surface area contributed by atoms with Crippen LogP contribution in [0.25, 0.3) is 5.57 Å². The van der Waals surface area contributed by atoms with Gasteiger partial charge in [0.25, 0.3) is 0 Å². The van der Waals surface area contributed by atoms with Gasteiger partial charge in [-0.3, -0.25) is 0 Å². The lowest BCUT2D eigenvalue weighted by Gasteiger charge is -2.39. The molecule has 0 aliphatic heterocycles. The quantitative estimate of drug-likeness (QED) is 0.771. The van der Waals surface area contributed by atoms with Crippen LogP contribution in [0.15, 0.2) is 54.1 Å². The molecule has 86 valence electrons. The predicted molar refractivity (Wildman–Crippen MR) is 72.8 cm³/mol. The molecule has 0 fully saturated rings. The minimum Gasteiger partial charge on any atom is -0.307 e. The molecule has 0 amide bonds. The van der Waals surface area contributed by atoms with Crippen molar-refractivity contribution in [2.45, 2.75) is 18.9 Å². The van der Waals surface area contributed by atoms with Gasteiger partial charge < -0.3 is 5.32 Å². The second kappa shape index (κ2) is 3.71. The lowest BCUT2D eigenvalue weighted by Crippen LogP contribution is -2.45. The van der Waals surface area contributed by atoms with Crippen LogP contribution in [0.3, 0.4) is 0 Å². The average Bonchev–Trinajstić information content (AvgIpc) is 2.46. The summed E-state index contributed by atoms with van der Waals surface area (Å²) in [5.41, 5.74) is 5.60. The maximum atomic E-state index is 3.49. The van der Waals surface area contributed by atoms with E-state index < -0.39 is 0 Å². The van der Waals surface area contributed by atoms with Gasteiger partial charge in [-0.25, -0.2) is 0 Å². The molecule has 1 unspecified atom stereocenters. The number of fused-ring (bicyclic) bond motifs is 4. The van der Waals surface area contributed by atoms with Crippen LogP contribution in [-0.2, 0) is 6.42 Å². The summed E-state index contributed by atoms with van der Waals surface area (Å²) in [4.78, 5) is 0. The summed E-state index contributed by atoms with van der Waals surface area (Å²) in [5.74, 6) is 0. The van der Waals surface area contributed by atoms with Gasteiger partial charge in [-0.05, 0) is 42.7 Å². The van der Waals surface area contributed by atoms with Crippen molar-refractivity contribution in [2.75, 3.05) is 7.05 Å². The summed E-state index contributed by atoms with van der Waals surface area (Å²) in [5, 5.41) is 3.49. The van der Waals surface area contributed by atoms with E-state index in [0.717, 1.165) is 6.42 Å². The van der Waals surface area contributed by atoms with Gasteiger partial charge in [-0.2, -0.15) is 0 Å². The van der Waals surface area contributed by atoms with Crippen molar-refractivity contribution in [3.05, 3.63) is 65.3 Å². The molecule has 2 bridgehead atoms. The van der Waals surface area contributed by atoms with Crippen LogP contribution < -0.4 is 5.32 Å². The van der Waals surface area contributed by atoms with E-state index in [4.69, 9.17) is 0 Å². The van der Waals surface area contributed by atoms with Crippen LogP contribution >= 0.6 is 0 Å². The van der Waals surface area contributed by atoms with Gasteiger partial charge in [-0.1, -0.05) is 48.6 Å². The summed E-state index contributed by atoms with van der Waals surface area (Å²) < 4.78 is 0. The van der Waals surface area contributed by atoms with E-state index in [1.54, 1.807) is 0 Å². The van der Waals surface area contributed by atoms with Gasteiger partial charge in [0.05, 0.1) is 5.54 Å². The van der Waals surface area contributed by atoms with E-state index in [9.17, 15) is 0 Å². The highest BCUT2D eigenvalue weighted by molar-refractivity contribution is 5.83. The highest BCUT2D eigenvalue weighted by atomic mass is 14.9. The van der Waals surface area contributed by atoms with Crippen molar-refractivity contribution in [2.24, 2.45) is 0 Å². The number of nitrogens with one attached hydrogen (secondary N) is 1. The first kappa shape index (κ1) is 10.5. The third kappa shape index (κ3) is 1.43. The Balaban J connectivity index is 2.29. The van der Waals surface area contributed by atoms with Crippen LogP contribution in [0.5, 0.6) is 0 Å². The molecule has 1 N–H and O–H groups in total. The third-order valence-electron chi connectivity index (χ3n) is 4.04. The molecule has 1 nitrogen and oxygen atoms in total. The summed E-state index contributed by atoms with van der Waals surface area (Å²) >= 11 is 0. The summed E-state index contributed by atoms with van der Waals surface area (Å²) in [6.07, 6.45) is 9.80. The first-order valence-electron chi connectivity index (χ1n) is 6.11. The topological polar surface area (TPSA) is 12.0 Å². The molecule has 0 saturated heterocycles. The lowest BCUT2D eigenvalue weighted by atomic mass is 9.72. The van der Waals surface area contributed by atoms with Gasteiger partial charge in [0, 0.05) is 0 Å². The first-order chi connectivity index (χ1) is 8.25. The zero-order valence-corrected chi connectivity index (χ0v) is 10.3. The molecular formula is C16H17N. The molecule has 0 spiro atoms. The van der Waals surface area contributed by atoms with Gasteiger partial charge in [0.15, 0.2) is 0 Å². The van der Waals surface area contributed by atoms with Gasteiger partial charge in [0.2, 0.25) is 0 Å². The fourth-order valence-electron chi connectivity index (χ4n) is 2.86. The van der Waals surface area contributed by atoms with Crippen LogP contribution in [0.2, 0.25) is 0 Å². The zero-order valence-electron chi connectivity index (χ0n) is 10.3. The molecule has 0 radical (unpaired) electrons. The molecule has 2 aliphatic carbocycles. The summed E-state index contributed by atoms with van der Waals surface area (Å²) in [6.45, 7) is 2.27. The van der Waals surface area contributed by atoms with E-state index >= 15 is 0 Å². The molecule has 0 saturated carbocycles. The molecular weight excluding hydrogens is 206 g/mol. The Morgan fingerprint density at radius 3 is 2.71 bits per heavy atom. The van der Waals surface area contributed by atoms with E-state index in [2.05, 4.69) is 60.8 Å². The third-order valence-corrected chi connectivity index (χ3v) is 4.04. The number of likely N-dealkylation sites (N-methyl/N-ethyl adjacent to an activating group) is 1. The van der Waals surface area contributed by atoms with Crippen molar-refractivity contribution >= 4 is 5.57 Å². The molecule has 1 heteroatoms. The number of hydrogen-bond donors (Lipinski definition) is 1. The van der Waals surface area contributed by atoms with Crippen molar-refractivity contribution < 1.29 is 0 Å². The number of allylic oxidation sites excluding steroid dienone is 4. The highest BCUT2D eigenvalue weighted by Gasteiger charge is 2.37. The standard InChI is InChI=1S/C16H17N/c1-16(17-2)13-8-4-6-10-15(16)14-9-5-3-7-12(14)11-13/h3-10,17H,11H2,1-2H3. The Hall–Kier alpha value is -1.60. The fourth-order valence-corrected chi connectivity index (χ4v) is 2.86. The Kier molecular flexibility index (Phi) is 2.30. The second-order valence-corrected chi connectivity index (χ2v) is 4.87. The Labute approximate surface area is 103 Å². The normalized spacial score (nSPS) is 25.8. The molecule has 0 heterocycles. The SMILES string of the molecule is CNC1(C)C2=CC=CC=C1c1ccccc1C2. The zero-order chi connectivity index (χ0) is 11.9. The van der Waals surface area contributed by atoms with E-state index in [-0.39, 0.29) is 5.54 Å². The van der Waals surface area contributed by atoms with Crippen molar-refractivity contribution in [1.29, 1.82) is 0 Å². The molecule has 2 aliphatic rings. The van der Waals surface area contributed by atoms with Crippen LogP contribution in [0, 0.1) is 0 Å². The molecule has 1 atom stereocenters. The monoisotopic (exact) mass is 223 g/mol. The smallest absolute Gasteiger partial charge is 0.0631 e. The van der Waals surface area contributed by atoms with E-state index in [1.165, 1.54) is 22.3 Å². The van der Waals surface area contributed by atoms with E-state index in [1.807, 2.05) is 7.05 Å². The summed E-state index contributed by atoms with van der Waals surface area (Å²) in [7, 11) is 2.04. The number of benzene rings is 1. The minimum absolute atomic E-state index is 0.0299. The summed E-state index contributed by atoms with van der Waals surface area (Å²) in [6, 6.07) is 8.71. The minimum atomic E-state index is -0.0299. The largest absolute Gasteiger partial charge is 0.307 e. The fraction of sp³-hybridized carbons (Fsp3) is 0.250.